The van der Waals surface area contributed by atoms with Crippen molar-refractivity contribution in [2.45, 2.75) is 25.3 Å². The van der Waals surface area contributed by atoms with Crippen LogP contribution in [0.2, 0.25) is 0 Å². The Morgan fingerprint density at radius 2 is 1.79 bits per heavy atom. The van der Waals surface area contributed by atoms with E-state index in [1.807, 2.05) is 31.2 Å². The van der Waals surface area contributed by atoms with Crippen LogP contribution in [0, 0.1) is 6.92 Å². The number of fused-ring (bicyclic) bond motifs is 1. The van der Waals surface area contributed by atoms with Crippen molar-refractivity contribution in [3.8, 4) is 0 Å². The highest BCUT2D eigenvalue weighted by Gasteiger charge is 2.42. The fourth-order valence-corrected chi connectivity index (χ4v) is 3.53. The smallest absolute Gasteiger partial charge is 0.252 e. The molecule has 4 nitrogen and oxygen atoms in total. The van der Waals surface area contributed by atoms with E-state index in [0.29, 0.717) is 0 Å². The van der Waals surface area contributed by atoms with Crippen molar-refractivity contribution in [3.05, 3.63) is 65.2 Å². The zero-order valence-electron chi connectivity index (χ0n) is 13.8. The van der Waals surface area contributed by atoms with Crippen molar-refractivity contribution in [1.82, 2.24) is 5.32 Å². The predicted octanol–water partition coefficient (Wildman–Crippen LogP) is 2.91. The Hall–Kier alpha value is -2.46. The van der Waals surface area contributed by atoms with Gasteiger partial charge in [-0.1, -0.05) is 42.5 Å². The lowest BCUT2D eigenvalue weighted by Gasteiger charge is -2.32. The monoisotopic (exact) mass is 319 g/mol. The lowest BCUT2D eigenvalue weighted by molar-refractivity contribution is -0.121. The minimum absolute atomic E-state index is 0.0155. The van der Waals surface area contributed by atoms with Crippen LogP contribution in [-0.2, 0) is 4.79 Å². The summed E-state index contributed by atoms with van der Waals surface area (Å²) in [4.78, 5) is 18.0. The van der Waals surface area contributed by atoms with E-state index in [0.717, 1.165) is 54.0 Å². The van der Waals surface area contributed by atoms with Gasteiger partial charge in [0, 0.05) is 11.1 Å². The lowest BCUT2D eigenvalue weighted by Crippen LogP contribution is -2.49. The topological polar surface area (TPSA) is 53.5 Å². The molecule has 2 N–H and O–H groups in total. The average Bonchev–Trinajstić information content (AvgIpc) is 2.72. The Labute approximate surface area is 142 Å². The van der Waals surface area contributed by atoms with Gasteiger partial charge in [-0.15, -0.1) is 0 Å². The number of carbonyl (C=O) groups excluding carboxylic acids is 1. The van der Waals surface area contributed by atoms with Crippen molar-refractivity contribution in [2.24, 2.45) is 4.99 Å². The number of aliphatic imine (C=N–C) groups is 1. The molecule has 0 bridgehead atoms. The second kappa shape index (κ2) is 5.87. The molecule has 0 saturated carbocycles. The predicted molar refractivity (Wildman–Crippen MR) is 96.7 cm³/mol. The molecular weight excluding hydrogens is 298 g/mol. The number of rotatable bonds is 1. The molecule has 4 heteroatoms. The zero-order valence-corrected chi connectivity index (χ0v) is 13.8. The molecule has 2 aromatic carbocycles. The highest BCUT2D eigenvalue weighted by atomic mass is 16.2. The van der Waals surface area contributed by atoms with Crippen LogP contribution in [0.1, 0.15) is 29.5 Å². The van der Waals surface area contributed by atoms with Gasteiger partial charge in [0.05, 0.1) is 11.4 Å². The molecule has 0 aliphatic carbocycles. The van der Waals surface area contributed by atoms with Gasteiger partial charge in [0.25, 0.3) is 5.91 Å². The summed E-state index contributed by atoms with van der Waals surface area (Å²) in [6, 6.07) is 16.3. The third-order valence-corrected chi connectivity index (χ3v) is 4.90. The zero-order chi connectivity index (χ0) is 16.6. The van der Waals surface area contributed by atoms with Gasteiger partial charge in [0.15, 0.2) is 0 Å². The standard InChI is InChI=1S/C20H21N3O/c1-14-7-8-16-17(13-14)22-19(24)20(9-11-21-12-10-20)23-18(16)15-5-3-2-4-6-15/h2-8,13,21H,9-12H2,1H3,(H,22,24). The molecule has 1 fully saturated rings. The molecule has 122 valence electrons. The van der Waals surface area contributed by atoms with E-state index in [2.05, 4.69) is 34.9 Å². The van der Waals surface area contributed by atoms with E-state index in [1.165, 1.54) is 0 Å². The Morgan fingerprint density at radius 3 is 2.54 bits per heavy atom. The molecule has 1 saturated heterocycles. The minimum Gasteiger partial charge on any atom is -0.323 e. The summed E-state index contributed by atoms with van der Waals surface area (Å²) in [5.41, 5.74) is 4.27. The number of piperidine rings is 1. The Balaban J connectivity index is 1.93. The summed E-state index contributed by atoms with van der Waals surface area (Å²) >= 11 is 0. The molecule has 0 radical (unpaired) electrons. The van der Waals surface area contributed by atoms with Crippen LogP contribution >= 0.6 is 0 Å². The number of benzene rings is 2. The first-order chi connectivity index (χ1) is 11.7. The van der Waals surface area contributed by atoms with Crippen molar-refractivity contribution < 1.29 is 4.79 Å². The molecule has 2 heterocycles. The maximum Gasteiger partial charge on any atom is 0.252 e. The summed E-state index contributed by atoms with van der Waals surface area (Å²) in [6.45, 7) is 3.67. The van der Waals surface area contributed by atoms with Gasteiger partial charge in [-0.3, -0.25) is 9.79 Å². The molecule has 0 unspecified atom stereocenters. The SMILES string of the molecule is Cc1ccc2c(c1)NC(=O)C1(CCNCC1)N=C2c1ccccc1. The van der Waals surface area contributed by atoms with Gasteiger partial charge in [-0.05, 0) is 44.5 Å². The molecule has 2 aromatic rings. The number of amides is 1. The second-order valence-corrected chi connectivity index (χ2v) is 6.61. The van der Waals surface area contributed by atoms with Crippen molar-refractivity contribution in [3.63, 3.8) is 0 Å². The first kappa shape index (κ1) is 15.1. The maximum atomic E-state index is 13.0. The van der Waals surface area contributed by atoms with Crippen molar-refractivity contribution in [2.75, 3.05) is 18.4 Å². The highest BCUT2D eigenvalue weighted by molar-refractivity contribution is 6.20. The van der Waals surface area contributed by atoms with Crippen molar-refractivity contribution >= 4 is 17.3 Å². The number of carbonyl (C=O) groups is 1. The van der Waals surface area contributed by atoms with Crippen LogP contribution in [-0.4, -0.2) is 30.2 Å². The fourth-order valence-electron chi connectivity index (χ4n) is 3.53. The van der Waals surface area contributed by atoms with Crippen LogP contribution in [0.3, 0.4) is 0 Å². The van der Waals surface area contributed by atoms with E-state index in [1.54, 1.807) is 0 Å². The maximum absolute atomic E-state index is 13.0. The number of aryl methyl sites for hydroxylation is 1. The van der Waals surface area contributed by atoms with E-state index < -0.39 is 5.54 Å². The van der Waals surface area contributed by atoms with Crippen molar-refractivity contribution in [1.29, 1.82) is 0 Å². The third kappa shape index (κ3) is 2.53. The summed E-state index contributed by atoms with van der Waals surface area (Å²) in [6.07, 6.45) is 1.45. The third-order valence-electron chi connectivity index (χ3n) is 4.90. The number of hydrogen-bond donors (Lipinski definition) is 2. The lowest BCUT2D eigenvalue weighted by atomic mass is 9.87. The Morgan fingerprint density at radius 1 is 1.04 bits per heavy atom. The first-order valence-corrected chi connectivity index (χ1v) is 8.46. The van der Waals surface area contributed by atoms with Gasteiger partial charge in [0.2, 0.25) is 0 Å². The quantitative estimate of drug-likeness (QED) is 0.849. The van der Waals surface area contributed by atoms with Gasteiger partial charge in [0.1, 0.15) is 5.54 Å². The van der Waals surface area contributed by atoms with Crippen LogP contribution in [0.5, 0.6) is 0 Å². The summed E-state index contributed by atoms with van der Waals surface area (Å²) in [5, 5.41) is 6.48. The largest absolute Gasteiger partial charge is 0.323 e. The first-order valence-electron chi connectivity index (χ1n) is 8.46. The fraction of sp³-hybridized carbons (Fsp3) is 0.300. The van der Waals surface area contributed by atoms with E-state index in [4.69, 9.17) is 4.99 Å². The molecule has 0 atom stereocenters. The van der Waals surface area contributed by atoms with Gasteiger partial charge < -0.3 is 10.6 Å². The van der Waals surface area contributed by atoms with Gasteiger partial charge >= 0.3 is 0 Å². The van der Waals surface area contributed by atoms with Crippen LogP contribution < -0.4 is 10.6 Å². The molecule has 0 aromatic heterocycles. The average molecular weight is 319 g/mol. The van der Waals surface area contributed by atoms with Crippen LogP contribution in [0.4, 0.5) is 5.69 Å². The number of anilines is 1. The molecular formula is C20H21N3O. The van der Waals surface area contributed by atoms with E-state index in [-0.39, 0.29) is 5.91 Å². The normalized spacial score (nSPS) is 19.2. The van der Waals surface area contributed by atoms with Gasteiger partial charge in [-0.2, -0.15) is 0 Å². The van der Waals surface area contributed by atoms with E-state index in [9.17, 15) is 4.79 Å². The van der Waals surface area contributed by atoms with Crippen LogP contribution in [0.15, 0.2) is 53.5 Å². The van der Waals surface area contributed by atoms with Crippen LogP contribution in [0.25, 0.3) is 0 Å². The molecule has 1 spiro atoms. The molecule has 2 aliphatic rings. The van der Waals surface area contributed by atoms with E-state index >= 15 is 0 Å². The highest BCUT2D eigenvalue weighted by Crippen LogP contribution is 2.33. The summed E-state index contributed by atoms with van der Waals surface area (Å²) < 4.78 is 0. The number of nitrogens with one attached hydrogen (secondary N) is 2. The second-order valence-electron chi connectivity index (χ2n) is 6.61. The Kier molecular flexibility index (Phi) is 3.69. The van der Waals surface area contributed by atoms with Gasteiger partial charge in [-0.25, -0.2) is 0 Å². The number of nitrogens with zero attached hydrogens (tertiary/aromatic N) is 1. The summed E-state index contributed by atoms with van der Waals surface area (Å²) in [7, 11) is 0. The molecule has 4 rings (SSSR count). The molecule has 2 aliphatic heterocycles. The number of hydrogen-bond acceptors (Lipinski definition) is 3. The minimum atomic E-state index is -0.677. The molecule has 1 amide bonds. The molecule has 24 heavy (non-hydrogen) atoms. The Bertz CT molecular complexity index is 805. The summed E-state index contributed by atoms with van der Waals surface area (Å²) in [5.74, 6) is 0.0155.